The van der Waals surface area contributed by atoms with Crippen molar-refractivity contribution in [3.63, 3.8) is 0 Å². The molecule has 0 aliphatic heterocycles. The fourth-order valence-corrected chi connectivity index (χ4v) is 0.137. The molecule has 0 unspecified atom stereocenters. The maximum absolute atomic E-state index is 4.54. The third kappa shape index (κ3) is 6.70. The molecule has 0 bridgehead atoms. The lowest BCUT2D eigenvalue weighted by atomic mass is 12.4. The van der Waals surface area contributed by atoms with Crippen LogP contribution in [0.2, 0.25) is 0 Å². The summed E-state index contributed by atoms with van der Waals surface area (Å²) in [6, 6.07) is 0. The molecule has 0 spiro atoms. The highest BCUT2D eigenvalue weighted by molar-refractivity contribution is 7.03. The van der Waals surface area contributed by atoms with Crippen molar-refractivity contribution in [2.24, 2.45) is 42.0 Å². The molecular formula is H3N8P. The maximum atomic E-state index is 4.54. The summed E-state index contributed by atoms with van der Waals surface area (Å²) in [5, 5.41) is 17.5. The normalized spacial score (nSPS) is 12.0. The van der Waals surface area contributed by atoms with Gasteiger partial charge in [-0.3, -0.25) is 0 Å². The van der Waals surface area contributed by atoms with Crippen LogP contribution in [0.15, 0.2) is 36.2 Å². The van der Waals surface area contributed by atoms with Gasteiger partial charge < -0.3 is 5.84 Å². The second-order valence-corrected chi connectivity index (χ2v) is 0.863. The molecule has 0 saturated carbocycles. The van der Waals surface area contributed by atoms with E-state index in [2.05, 4.69) is 51.1 Å². The summed E-state index contributed by atoms with van der Waals surface area (Å²) in [7, 11) is 2.65. The third-order valence-corrected chi connectivity index (χ3v) is 0.346. The molecule has 0 amide bonds. The molecule has 0 atom stereocenters. The molecule has 0 saturated heterocycles. The van der Waals surface area contributed by atoms with Gasteiger partial charge in [0, 0.05) is 9.03 Å². The topological polar surface area (TPSA) is 113 Å². The van der Waals surface area contributed by atoms with Crippen molar-refractivity contribution < 1.29 is 0 Å². The van der Waals surface area contributed by atoms with Gasteiger partial charge in [0.25, 0.3) is 0 Å². The Balaban J connectivity index is 3.46. The fourth-order valence-electron chi connectivity index (χ4n) is 0.0968. The maximum Gasteiger partial charge on any atom is 0.0197 e. The van der Waals surface area contributed by atoms with Gasteiger partial charge in [-0.05, 0) is 26.1 Å². The van der Waals surface area contributed by atoms with E-state index in [9.17, 15) is 0 Å². The minimum atomic E-state index is 2.65. The van der Waals surface area contributed by atoms with E-state index in [1.165, 1.54) is 0 Å². The predicted molar refractivity (Wildman–Crippen MR) is 29.5 cm³/mol. The van der Waals surface area contributed by atoms with Crippen LogP contribution in [0.5, 0.6) is 0 Å². The lowest BCUT2D eigenvalue weighted by Crippen LogP contribution is -1.70. The summed E-state index contributed by atoms with van der Waals surface area (Å²) in [6.45, 7) is 0. The van der Waals surface area contributed by atoms with Crippen LogP contribution in [0.25, 0.3) is 0 Å². The van der Waals surface area contributed by atoms with Crippen LogP contribution in [0.1, 0.15) is 0 Å². The summed E-state index contributed by atoms with van der Waals surface area (Å²) >= 11 is 0. The van der Waals surface area contributed by atoms with E-state index >= 15 is 0 Å². The molecule has 0 aromatic rings. The third-order valence-electron chi connectivity index (χ3n) is 0.256. The molecule has 9 heavy (non-hydrogen) atoms. The molecule has 0 fully saturated rings. The summed E-state index contributed by atoms with van der Waals surface area (Å²) in [4.78, 5) is 3.04. The van der Waals surface area contributed by atoms with Gasteiger partial charge in [-0.15, -0.1) is 4.85 Å². The molecule has 0 aromatic carbocycles. The van der Waals surface area contributed by atoms with E-state index in [0.29, 0.717) is 0 Å². The minimum Gasteiger partial charge on any atom is -0.303 e. The molecule has 0 aliphatic rings. The molecule has 48 valence electrons. The van der Waals surface area contributed by atoms with Crippen LogP contribution in [-0.4, -0.2) is 0 Å². The standard InChI is InChI=1S/H3N8P/c1-2-3-4-5-6-7-8-9/h9H,(H2,1,3,5,7). The van der Waals surface area contributed by atoms with Crippen LogP contribution in [0.3, 0.4) is 0 Å². The lowest BCUT2D eigenvalue weighted by Gasteiger charge is -1.65. The molecule has 0 rings (SSSR count). The first kappa shape index (κ1) is 7.70. The number of nitrogens with zero attached hydrogens (tertiary/aromatic N) is 7. The molecular weight excluding hydrogens is 143 g/mol. The fraction of sp³-hybridized carbons (Fsp3) is 0. The van der Waals surface area contributed by atoms with Crippen molar-refractivity contribution in [2.45, 2.75) is 0 Å². The average Bonchev–Trinajstić information content (AvgIpc) is 1.89. The first-order chi connectivity index (χ1) is 4.41. The average molecular weight is 146 g/mol. The molecule has 8 nitrogen and oxygen atoms in total. The van der Waals surface area contributed by atoms with E-state index in [1.807, 2.05) is 0 Å². The Morgan fingerprint density at radius 2 is 1.44 bits per heavy atom. The Labute approximate surface area is 52.2 Å². The van der Waals surface area contributed by atoms with Crippen molar-refractivity contribution in [3.8, 4) is 0 Å². The summed E-state index contributed by atoms with van der Waals surface area (Å²) in [5.74, 6) is 4.54. The van der Waals surface area contributed by atoms with E-state index < -0.39 is 0 Å². The van der Waals surface area contributed by atoms with Crippen LogP contribution < -0.4 is 5.84 Å². The quantitative estimate of drug-likeness (QED) is 0.275. The van der Waals surface area contributed by atoms with E-state index in [4.69, 9.17) is 0 Å². The van der Waals surface area contributed by atoms with Crippen molar-refractivity contribution in [1.29, 1.82) is 0 Å². The first-order valence-electron chi connectivity index (χ1n) is 1.68. The molecule has 2 N–H and O–H groups in total. The lowest BCUT2D eigenvalue weighted by molar-refractivity contribution is 0.808. The van der Waals surface area contributed by atoms with Crippen molar-refractivity contribution in [1.82, 2.24) is 0 Å². The minimum absolute atomic E-state index is 2.65. The Kier molecular flexibility index (Phi) is 5.73. The van der Waals surface area contributed by atoms with Crippen molar-refractivity contribution in [2.75, 3.05) is 0 Å². The second kappa shape index (κ2) is 6.70. The van der Waals surface area contributed by atoms with E-state index in [-0.39, 0.29) is 0 Å². The Bertz CT molecular complexity index is 141. The molecule has 9 heteroatoms. The molecule has 0 radical (unpaired) electrons. The highest BCUT2D eigenvalue weighted by atomic mass is 31.0. The van der Waals surface area contributed by atoms with Gasteiger partial charge in [0.05, 0.1) is 0 Å². The van der Waals surface area contributed by atoms with Gasteiger partial charge in [-0.25, -0.2) is 0 Å². The van der Waals surface area contributed by atoms with E-state index in [1.54, 1.807) is 0 Å². The van der Waals surface area contributed by atoms with Crippen LogP contribution in [-0.2, 0) is 0 Å². The van der Waals surface area contributed by atoms with Crippen LogP contribution in [0, 0.1) is 0 Å². The van der Waals surface area contributed by atoms with Gasteiger partial charge >= 0.3 is 0 Å². The van der Waals surface area contributed by atoms with Crippen molar-refractivity contribution in [3.05, 3.63) is 0 Å². The van der Waals surface area contributed by atoms with Crippen LogP contribution >= 0.6 is 9.03 Å². The Morgan fingerprint density at radius 1 is 0.889 bits per heavy atom. The first-order valence-corrected chi connectivity index (χ1v) is 2.13. The number of hydrogen-bond donors (Lipinski definition) is 1. The zero-order valence-corrected chi connectivity index (χ0v) is 5.21. The number of rotatable bonds is 3. The zero-order chi connectivity index (χ0) is 6.95. The number of hydrogen-bond acceptors (Lipinski definition) is 1. The van der Waals surface area contributed by atoms with Gasteiger partial charge in [-0.1, -0.05) is 5.22 Å². The van der Waals surface area contributed by atoms with Crippen molar-refractivity contribution >= 4 is 9.03 Å². The predicted octanol–water partition coefficient (Wildman–Crippen LogP) is 1.29. The summed E-state index contributed by atoms with van der Waals surface area (Å²) in [5.41, 5.74) is 0. The molecule has 0 heterocycles. The van der Waals surface area contributed by atoms with Gasteiger partial charge in [0.15, 0.2) is 0 Å². The van der Waals surface area contributed by atoms with Gasteiger partial charge in [0.1, 0.15) is 0 Å². The van der Waals surface area contributed by atoms with Gasteiger partial charge in [0.2, 0.25) is 0 Å². The largest absolute Gasteiger partial charge is 0.303 e. The van der Waals surface area contributed by atoms with Crippen LogP contribution in [0.4, 0.5) is 0 Å². The summed E-state index contributed by atoms with van der Waals surface area (Å²) in [6.07, 6.45) is 0. The monoisotopic (exact) mass is 146 g/mol. The SMILES string of the molecule is NN=NN=NN=NN=P. The smallest absolute Gasteiger partial charge is 0.0197 e. The number of nitrogens with two attached hydrogens (primary N) is 1. The Hall–Kier alpha value is -1.30. The summed E-state index contributed by atoms with van der Waals surface area (Å²) < 4.78 is 0. The Morgan fingerprint density at radius 3 is 2.00 bits per heavy atom. The van der Waals surface area contributed by atoms with E-state index in [0.717, 1.165) is 0 Å². The molecule has 0 aliphatic carbocycles. The van der Waals surface area contributed by atoms with Gasteiger partial charge in [-0.2, -0.15) is 0 Å². The molecule has 0 aromatic heterocycles. The second-order valence-electron chi connectivity index (χ2n) is 0.663. The highest BCUT2D eigenvalue weighted by Crippen LogP contribution is 1.83. The highest BCUT2D eigenvalue weighted by Gasteiger charge is 1.61. The zero-order valence-electron chi connectivity index (χ0n) is 4.21.